The second-order valence-corrected chi connectivity index (χ2v) is 3.57. The maximum absolute atomic E-state index is 11.4. The molecule has 0 aliphatic rings. The predicted octanol–water partition coefficient (Wildman–Crippen LogP) is -0.0140. The molecule has 1 rings (SSSR count). The molecule has 0 aliphatic heterocycles. The van der Waals surface area contributed by atoms with Gasteiger partial charge in [0, 0.05) is 6.54 Å². The van der Waals surface area contributed by atoms with E-state index < -0.39 is 0 Å². The second-order valence-electron chi connectivity index (χ2n) is 3.57. The van der Waals surface area contributed by atoms with Crippen LogP contribution in [-0.2, 0) is 16.1 Å². The minimum Gasteiger partial charge on any atom is -0.352 e. The molecule has 1 aromatic rings. The molecule has 0 fully saturated rings. The molecule has 5 heteroatoms. The third-order valence-electron chi connectivity index (χ3n) is 2.12. The first kappa shape index (κ1) is 13.2. The molecular weight excluding hydrogens is 218 g/mol. The molecule has 3 N–H and O–H groups in total. The van der Waals surface area contributed by atoms with E-state index in [4.69, 9.17) is 0 Å². The standard InChI is InChI=1S/C12H17N3O2/c1-13-9-15-12(17)7-11(16)14-8-10-5-3-2-4-6-10/h2-6,13H,7-9H2,1H3,(H,14,16)(H,15,17). The summed E-state index contributed by atoms with van der Waals surface area (Å²) in [5, 5.41) is 8.00. The highest BCUT2D eigenvalue weighted by molar-refractivity contribution is 5.96. The largest absolute Gasteiger partial charge is 0.352 e. The van der Waals surface area contributed by atoms with Gasteiger partial charge in [0.15, 0.2) is 0 Å². The van der Waals surface area contributed by atoms with E-state index in [0.29, 0.717) is 13.2 Å². The molecule has 0 aliphatic carbocycles. The van der Waals surface area contributed by atoms with Crippen molar-refractivity contribution in [2.45, 2.75) is 13.0 Å². The van der Waals surface area contributed by atoms with Crippen molar-refractivity contribution in [3.63, 3.8) is 0 Å². The Hall–Kier alpha value is -1.88. The third kappa shape index (κ3) is 5.67. The molecule has 0 bridgehead atoms. The van der Waals surface area contributed by atoms with Gasteiger partial charge in [0.05, 0.1) is 6.67 Å². The number of benzene rings is 1. The van der Waals surface area contributed by atoms with Gasteiger partial charge in [-0.3, -0.25) is 9.59 Å². The van der Waals surface area contributed by atoms with Crippen LogP contribution in [0.1, 0.15) is 12.0 Å². The maximum Gasteiger partial charge on any atom is 0.230 e. The van der Waals surface area contributed by atoms with Crippen LogP contribution in [0.25, 0.3) is 0 Å². The van der Waals surface area contributed by atoms with Gasteiger partial charge >= 0.3 is 0 Å². The van der Waals surface area contributed by atoms with Crippen LogP contribution in [0.2, 0.25) is 0 Å². The van der Waals surface area contributed by atoms with Crippen molar-refractivity contribution in [1.29, 1.82) is 0 Å². The zero-order valence-corrected chi connectivity index (χ0v) is 9.82. The summed E-state index contributed by atoms with van der Waals surface area (Å²) in [7, 11) is 1.72. The van der Waals surface area contributed by atoms with Crippen molar-refractivity contribution in [1.82, 2.24) is 16.0 Å². The first-order valence-electron chi connectivity index (χ1n) is 5.44. The topological polar surface area (TPSA) is 70.2 Å². The molecule has 0 spiro atoms. The molecule has 0 heterocycles. The zero-order chi connectivity index (χ0) is 12.5. The lowest BCUT2D eigenvalue weighted by molar-refractivity contribution is -0.129. The number of rotatable bonds is 6. The lowest BCUT2D eigenvalue weighted by Crippen LogP contribution is -2.35. The van der Waals surface area contributed by atoms with Gasteiger partial charge in [-0.2, -0.15) is 0 Å². The third-order valence-corrected chi connectivity index (χ3v) is 2.12. The predicted molar refractivity (Wildman–Crippen MR) is 65.0 cm³/mol. The van der Waals surface area contributed by atoms with Gasteiger partial charge in [0.25, 0.3) is 0 Å². The molecule has 0 unspecified atom stereocenters. The van der Waals surface area contributed by atoms with Crippen LogP contribution in [0.5, 0.6) is 0 Å². The highest BCUT2D eigenvalue weighted by Crippen LogP contribution is 1.97. The fraction of sp³-hybridized carbons (Fsp3) is 0.333. The minimum atomic E-state index is -0.287. The van der Waals surface area contributed by atoms with E-state index in [1.54, 1.807) is 7.05 Å². The van der Waals surface area contributed by atoms with Crippen LogP contribution in [0.15, 0.2) is 30.3 Å². The highest BCUT2D eigenvalue weighted by Gasteiger charge is 2.07. The molecule has 0 aromatic heterocycles. The molecule has 92 valence electrons. The van der Waals surface area contributed by atoms with E-state index in [0.717, 1.165) is 5.56 Å². The fourth-order valence-electron chi connectivity index (χ4n) is 1.25. The van der Waals surface area contributed by atoms with Crippen LogP contribution >= 0.6 is 0 Å². The van der Waals surface area contributed by atoms with Gasteiger partial charge in [0.1, 0.15) is 6.42 Å². The van der Waals surface area contributed by atoms with Crippen LogP contribution in [0, 0.1) is 0 Å². The molecule has 1 aromatic carbocycles. The number of nitrogens with one attached hydrogen (secondary N) is 3. The van der Waals surface area contributed by atoms with Gasteiger partial charge in [-0.05, 0) is 12.6 Å². The van der Waals surface area contributed by atoms with Gasteiger partial charge in [-0.1, -0.05) is 30.3 Å². The summed E-state index contributed by atoms with van der Waals surface area (Å²) in [6.07, 6.45) is -0.144. The first-order chi connectivity index (χ1) is 8.22. The first-order valence-corrected chi connectivity index (χ1v) is 5.44. The summed E-state index contributed by atoms with van der Waals surface area (Å²) in [4.78, 5) is 22.6. The normalized spacial score (nSPS) is 9.71. The Bertz CT molecular complexity index is 365. The van der Waals surface area contributed by atoms with Crippen LogP contribution in [-0.4, -0.2) is 25.5 Å². The molecule has 2 amide bonds. The number of hydrogen-bond donors (Lipinski definition) is 3. The van der Waals surface area contributed by atoms with E-state index >= 15 is 0 Å². The summed E-state index contributed by atoms with van der Waals surface area (Å²) in [5.74, 6) is -0.563. The van der Waals surface area contributed by atoms with Crippen LogP contribution in [0.3, 0.4) is 0 Å². The molecule has 0 atom stereocenters. The summed E-state index contributed by atoms with van der Waals surface area (Å²) >= 11 is 0. The average molecular weight is 235 g/mol. The SMILES string of the molecule is CNCNC(=O)CC(=O)NCc1ccccc1. The molecule has 17 heavy (non-hydrogen) atoms. The second kappa shape index (κ2) is 7.40. The quantitative estimate of drug-likeness (QED) is 0.479. The molecular formula is C12H17N3O2. The van der Waals surface area contributed by atoms with E-state index in [2.05, 4.69) is 16.0 Å². The van der Waals surface area contributed by atoms with Crippen molar-refractivity contribution in [3.8, 4) is 0 Å². The van der Waals surface area contributed by atoms with Crippen molar-refractivity contribution in [3.05, 3.63) is 35.9 Å². The Morgan fingerprint density at radius 2 is 1.71 bits per heavy atom. The van der Waals surface area contributed by atoms with Crippen LogP contribution < -0.4 is 16.0 Å². The lowest BCUT2D eigenvalue weighted by Gasteiger charge is -2.06. The monoisotopic (exact) mass is 235 g/mol. The van der Waals surface area contributed by atoms with Crippen molar-refractivity contribution >= 4 is 11.8 Å². The van der Waals surface area contributed by atoms with E-state index in [1.165, 1.54) is 0 Å². The maximum atomic E-state index is 11.4. The summed E-state index contributed by atoms with van der Waals surface area (Å²) in [6, 6.07) is 9.56. The van der Waals surface area contributed by atoms with Gasteiger partial charge in [-0.15, -0.1) is 0 Å². The zero-order valence-electron chi connectivity index (χ0n) is 9.82. The number of amides is 2. The number of carbonyl (C=O) groups is 2. The molecule has 0 saturated carbocycles. The Labute approximate surface area is 101 Å². The average Bonchev–Trinajstić information content (AvgIpc) is 2.35. The Kier molecular flexibility index (Phi) is 5.74. The van der Waals surface area contributed by atoms with E-state index in [9.17, 15) is 9.59 Å². The Balaban J connectivity index is 2.24. The minimum absolute atomic E-state index is 0.144. The van der Waals surface area contributed by atoms with Crippen LogP contribution in [0.4, 0.5) is 0 Å². The van der Waals surface area contributed by atoms with Crippen molar-refractivity contribution in [2.75, 3.05) is 13.7 Å². The van der Waals surface area contributed by atoms with E-state index in [-0.39, 0.29) is 18.2 Å². The highest BCUT2D eigenvalue weighted by atomic mass is 16.2. The smallest absolute Gasteiger partial charge is 0.230 e. The molecule has 0 saturated heterocycles. The molecule has 5 nitrogen and oxygen atoms in total. The number of carbonyl (C=O) groups excluding carboxylic acids is 2. The summed E-state index contributed by atoms with van der Waals surface area (Å²) in [6.45, 7) is 0.809. The number of hydrogen-bond acceptors (Lipinski definition) is 3. The lowest BCUT2D eigenvalue weighted by atomic mass is 10.2. The van der Waals surface area contributed by atoms with Gasteiger partial charge in [-0.25, -0.2) is 0 Å². The van der Waals surface area contributed by atoms with Crippen molar-refractivity contribution < 1.29 is 9.59 Å². The van der Waals surface area contributed by atoms with Gasteiger partial charge in [0.2, 0.25) is 11.8 Å². The summed E-state index contributed by atoms with van der Waals surface area (Å²) in [5.41, 5.74) is 1.01. The van der Waals surface area contributed by atoms with Gasteiger partial charge < -0.3 is 16.0 Å². The Morgan fingerprint density at radius 3 is 2.35 bits per heavy atom. The van der Waals surface area contributed by atoms with E-state index in [1.807, 2.05) is 30.3 Å². The van der Waals surface area contributed by atoms with Crippen molar-refractivity contribution in [2.24, 2.45) is 0 Å². The fourth-order valence-corrected chi connectivity index (χ4v) is 1.25. The Morgan fingerprint density at radius 1 is 1.06 bits per heavy atom. The molecule has 0 radical (unpaired) electrons. The summed E-state index contributed by atoms with van der Waals surface area (Å²) < 4.78 is 0.